The Morgan fingerprint density at radius 2 is 2.27 bits per heavy atom. The first-order valence-electron chi connectivity index (χ1n) is 5.74. The molecule has 0 saturated carbocycles. The van der Waals surface area contributed by atoms with Crippen molar-refractivity contribution in [2.24, 2.45) is 0 Å². The summed E-state index contributed by atoms with van der Waals surface area (Å²) in [7, 11) is 0. The molecule has 90 valence electrons. The molecule has 4 heteroatoms. The molecule has 1 heterocycles. The third-order valence-corrected chi connectivity index (χ3v) is 4.20. The molecule has 0 aliphatic carbocycles. The average molecular weight is 233 g/mol. The highest BCUT2D eigenvalue weighted by molar-refractivity contribution is 8.00. The monoisotopic (exact) mass is 233 g/mol. The van der Waals surface area contributed by atoms with E-state index in [2.05, 4.69) is 26.1 Å². The number of hydrogen-bond donors (Lipinski definition) is 2. The molecule has 0 aromatic carbocycles. The zero-order valence-electron chi connectivity index (χ0n) is 9.90. The van der Waals surface area contributed by atoms with Gasteiger partial charge in [-0.15, -0.1) is 0 Å². The fourth-order valence-corrected chi connectivity index (χ4v) is 2.80. The van der Waals surface area contributed by atoms with E-state index >= 15 is 0 Å². The summed E-state index contributed by atoms with van der Waals surface area (Å²) in [5, 5.41) is 13.5. The van der Waals surface area contributed by atoms with Gasteiger partial charge in [0.2, 0.25) is 0 Å². The Kier molecular flexibility index (Phi) is 5.97. The number of thioether (sulfide) groups is 1. The van der Waals surface area contributed by atoms with Crippen molar-refractivity contribution < 1.29 is 9.84 Å². The predicted octanol–water partition coefficient (Wildman–Crippen LogP) is 1.26. The van der Waals surface area contributed by atoms with Crippen LogP contribution in [-0.2, 0) is 4.74 Å². The lowest BCUT2D eigenvalue weighted by molar-refractivity contribution is 0.127. The molecule has 15 heavy (non-hydrogen) atoms. The van der Waals surface area contributed by atoms with E-state index in [4.69, 9.17) is 4.74 Å². The van der Waals surface area contributed by atoms with Crippen LogP contribution < -0.4 is 5.32 Å². The molecule has 0 aromatic rings. The van der Waals surface area contributed by atoms with Crippen molar-refractivity contribution in [3.63, 3.8) is 0 Å². The van der Waals surface area contributed by atoms with Crippen LogP contribution in [0.2, 0.25) is 0 Å². The summed E-state index contributed by atoms with van der Waals surface area (Å²) in [6.45, 7) is 7.86. The molecule has 0 spiro atoms. The van der Waals surface area contributed by atoms with Gasteiger partial charge in [-0.1, -0.05) is 13.8 Å². The van der Waals surface area contributed by atoms with Crippen LogP contribution in [0.25, 0.3) is 0 Å². The van der Waals surface area contributed by atoms with E-state index in [1.807, 2.05) is 11.8 Å². The van der Waals surface area contributed by atoms with Crippen molar-refractivity contribution in [2.45, 2.75) is 50.7 Å². The second-order valence-electron chi connectivity index (χ2n) is 4.45. The molecule has 2 N–H and O–H groups in total. The lowest BCUT2D eigenvalue weighted by atomic mass is 10.3. The Morgan fingerprint density at radius 3 is 2.80 bits per heavy atom. The van der Waals surface area contributed by atoms with E-state index in [9.17, 15) is 5.11 Å². The number of hydrogen-bond acceptors (Lipinski definition) is 4. The van der Waals surface area contributed by atoms with Crippen molar-refractivity contribution in [1.29, 1.82) is 0 Å². The van der Waals surface area contributed by atoms with Crippen LogP contribution in [0.15, 0.2) is 0 Å². The highest BCUT2D eigenvalue weighted by Gasteiger charge is 2.25. The second-order valence-corrected chi connectivity index (χ2v) is 5.73. The normalized spacial score (nSPS) is 28.6. The van der Waals surface area contributed by atoms with Gasteiger partial charge in [0.1, 0.15) is 0 Å². The molecular formula is C11H23NO2S. The minimum absolute atomic E-state index is 0.245. The zero-order chi connectivity index (χ0) is 11.3. The summed E-state index contributed by atoms with van der Waals surface area (Å²) in [6, 6.07) is 0.443. The van der Waals surface area contributed by atoms with E-state index < -0.39 is 0 Å². The first-order valence-corrected chi connectivity index (χ1v) is 6.79. The van der Waals surface area contributed by atoms with E-state index in [0.717, 1.165) is 18.8 Å². The van der Waals surface area contributed by atoms with E-state index in [-0.39, 0.29) is 6.10 Å². The average Bonchev–Trinajstić information content (AvgIpc) is 2.58. The van der Waals surface area contributed by atoms with Gasteiger partial charge in [0.05, 0.1) is 12.2 Å². The number of nitrogens with one attached hydrogen (secondary N) is 1. The van der Waals surface area contributed by atoms with Crippen LogP contribution in [0.1, 0.15) is 27.2 Å². The van der Waals surface area contributed by atoms with Crippen LogP contribution in [-0.4, -0.2) is 47.5 Å². The molecule has 1 rings (SSSR count). The molecule has 1 saturated heterocycles. The number of aliphatic hydroxyl groups is 1. The van der Waals surface area contributed by atoms with Crippen LogP contribution in [0.5, 0.6) is 0 Å². The van der Waals surface area contributed by atoms with Crippen LogP contribution in [0.3, 0.4) is 0 Å². The Labute approximate surface area is 97.0 Å². The van der Waals surface area contributed by atoms with Gasteiger partial charge in [0.25, 0.3) is 0 Å². The first kappa shape index (κ1) is 13.3. The summed E-state index contributed by atoms with van der Waals surface area (Å²) < 4.78 is 5.48. The van der Waals surface area contributed by atoms with Gasteiger partial charge in [-0.05, 0) is 13.3 Å². The number of ether oxygens (including phenoxy) is 1. The van der Waals surface area contributed by atoms with Crippen molar-refractivity contribution in [3.8, 4) is 0 Å². The largest absolute Gasteiger partial charge is 0.391 e. The highest BCUT2D eigenvalue weighted by atomic mass is 32.2. The van der Waals surface area contributed by atoms with E-state index in [1.54, 1.807) is 0 Å². The molecule has 3 atom stereocenters. The molecule has 1 fully saturated rings. The van der Waals surface area contributed by atoms with Crippen LogP contribution in [0.4, 0.5) is 0 Å². The Hall–Kier alpha value is 0.230. The summed E-state index contributed by atoms with van der Waals surface area (Å²) in [5.74, 6) is 0.804. The van der Waals surface area contributed by atoms with Gasteiger partial charge in [0, 0.05) is 30.2 Å². The quantitative estimate of drug-likeness (QED) is 0.724. The number of aliphatic hydroxyl groups excluding tert-OH is 1. The fourth-order valence-electron chi connectivity index (χ4n) is 1.60. The molecule has 0 amide bonds. The highest BCUT2D eigenvalue weighted by Crippen LogP contribution is 2.26. The molecular weight excluding hydrogens is 210 g/mol. The number of rotatable bonds is 6. The van der Waals surface area contributed by atoms with Gasteiger partial charge in [0.15, 0.2) is 0 Å². The van der Waals surface area contributed by atoms with Gasteiger partial charge in [-0.3, -0.25) is 0 Å². The summed E-state index contributed by atoms with van der Waals surface area (Å²) in [5.41, 5.74) is 0. The maximum Gasteiger partial charge on any atom is 0.0755 e. The van der Waals surface area contributed by atoms with Gasteiger partial charge < -0.3 is 15.2 Å². The second kappa shape index (κ2) is 6.74. The summed E-state index contributed by atoms with van der Waals surface area (Å²) in [6.07, 6.45) is 1.22. The fraction of sp³-hybridized carbons (Fsp3) is 1.00. The molecule has 0 bridgehead atoms. The smallest absolute Gasteiger partial charge is 0.0755 e. The van der Waals surface area contributed by atoms with E-state index in [1.165, 1.54) is 0 Å². The molecule has 0 aromatic heterocycles. The lowest BCUT2D eigenvalue weighted by Gasteiger charge is -2.17. The lowest BCUT2D eigenvalue weighted by Crippen LogP contribution is -2.33. The standard InChI is InChI=1S/C11H23NO2S/c1-8(2)12-6-10(13)7-15-11-4-5-14-9(11)3/h8-13H,4-7H2,1-3H3. The van der Waals surface area contributed by atoms with Crippen molar-refractivity contribution in [1.82, 2.24) is 5.32 Å². The summed E-state index contributed by atoms with van der Waals surface area (Å²) >= 11 is 1.84. The zero-order valence-corrected chi connectivity index (χ0v) is 10.7. The topological polar surface area (TPSA) is 41.5 Å². The van der Waals surface area contributed by atoms with Gasteiger partial charge in [-0.2, -0.15) is 11.8 Å². The van der Waals surface area contributed by atoms with Gasteiger partial charge >= 0.3 is 0 Å². The van der Waals surface area contributed by atoms with Crippen molar-refractivity contribution >= 4 is 11.8 Å². The Morgan fingerprint density at radius 1 is 1.53 bits per heavy atom. The Bertz CT molecular complexity index is 178. The van der Waals surface area contributed by atoms with E-state index in [0.29, 0.717) is 23.9 Å². The van der Waals surface area contributed by atoms with Crippen LogP contribution >= 0.6 is 11.8 Å². The molecule has 1 aliphatic heterocycles. The maximum absolute atomic E-state index is 9.72. The SMILES string of the molecule is CC(C)NCC(O)CSC1CCOC1C. The third kappa shape index (κ3) is 5.20. The minimum atomic E-state index is -0.245. The van der Waals surface area contributed by atoms with Crippen molar-refractivity contribution in [3.05, 3.63) is 0 Å². The third-order valence-electron chi connectivity index (χ3n) is 2.57. The predicted molar refractivity (Wildman–Crippen MR) is 65.4 cm³/mol. The molecule has 3 unspecified atom stereocenters. The first-order chi connectivity index (χ1) is 7.09. The molecule has 0 radical (unpaired) electrons. The molecule has 3 nitrogen and oxygen atoms in total. The maximum atomic E-state index is 9.72. The van der Waals surface area contributed by atoms with Crippen molar-refractivity contribution in [2.75, 3.05) is 18.9 Å². The van der Waals surface area contributed by atoms with Crippen LogP contribution in [0, 0.1) is 0 Å². The van der Waals surface area contributed by atoms with Gasteiger partial charge in [-0.25, -0.2) is 0 Å². The minimum Gasteiger partial charge on any atom is -0.391 e. The summed E-state index contributed by atoms with van der Waals surface area (Å²) in [4.78, 5) is 0. The molecule has 1 aliphatic rings. The Balaban J connectivity index is 2.08.